The Morgan fingerprint density at radius 1 is 1.33 bits per heavy atom. The summed E-state index contributed by atoms with van der Waals surface area (Å²) in [5, 5.41) is 9.70. The average molecular weight is 328 g/mol. The number of carbonyl (C=O) groups excluding carboxylic acids is 1. The number of hydrogen-bond donors (Lipinski definition) is 1. The molecule has 0 unspecified atom stereocenters. The predicted molar refractivity (Wildman–Crippen MR) is 88.7 cm³/mol. The average Bonchev–Trinajstić information content (AvgIpc) is 2.43. The van der Waals surface area contributed by atoms with E-state index in [2.05, 4.69) is 0 Å². The van der Waals surface area contributed by atoms with Crippen molar-refractivity contribution in [3.05, 3.63) is 34.9 Å². The summed E-state index contributed by atoms with van der Waals surface area (Å²) in [5.74, 6) is 1.53. The highest BCUT2D eigenvalue weighted by Crippen LogP contribution is 2.26. The third kappa shape index (κ3) is 5.20. The number of hydrogen-bond acceptors (Lipinski definition) is 3. The Hall–Kier alpha value is -0.710. The van der Waals surface area contributed by atoms with Gasteiger partial charge in [0.2, 0.25) is 5.91 Å². The molecule has 1 aromatic carbocycles. The second kappa shape index (κ2) is 8.66. The molecule has 0 spiro atoms. The van der Waals surface area contributed by atoms with Crippen molar-refractivity contribution >= 4 is 29.3 Å². The van der Waals surface area contributed by atoms with E-state index in [1.54, 1.807) is 11.8 Å². The van der Waals surface area contributed by atoms with Crippen LogP contribution < -0.4 is 0 Å². The zero-order valence-electron chi connectivity index (χ0n) is 12.1. The number of benzene rings is 1. The standard InChI is InChI=1S/C16H22ClNO2S/c17-14-7-5-13(6-8-14)11-21-12-16(20)18(9-2-10-19)15-3-1-4-15/h5-8,15,19H,1-4,9-12H2. The van der Waals surface area contributed by atoms with E-state index in [9.17, 15) is 4.79 Å². The molecule has 0 radical (unpaired) electrons. The van der Waals surface area contributed by atoms with Gasteiger partial charge in [-0.05, 0) is 43.4 Å². The van der Waals surface area contributed by atoms with E-state index in [1.165, 1.54) is 12.0 Å². The fourth-order valence-corrected chi connectivity index (χ4v) is 3.37. The second-order valence-electron chi connectivity index (χ2n) is 5.37. The van der Waals surface area contributed by atoms with Crippen LogP contribution in [-0.2, 0) is 10.5 Å². The van der Waals surface area contributed by atoms with Gasteiger partial charge in [0.25, 0.3) is 0 Å². The van der Waals surface area contributed by atoms with Gasteiger partial charge in [0, 0.05) is 30.0 Å². The minimum absolute atomic E-state index is 0.147. The zero-order chi connectivity index (χ0) is 15.1. The van der Waals surface area contributed by atoms with Gasteiger partial charge in [0.15, 0.2) is 0 Å². The molecular weight excluding hydrogens is 306 g/mol. The predicted octanol–water partition coefficient (Wildman–Crippen LogP) is 3.34. The first-order valence-electron chi connectivity index (χ1n) is 7.43. The minimum Gasteiger partial charge on any atom is -0.396 e. The first-order chi connectivity index (χ1) is 10.2. The third-order valence-corrected chi connectivity index (χ3v) is 5.04. The number of nitrogens with zero attached hydrogens (tertiary/aromatic N) is 1. The van der Waals surface area contributed by atoms with Gasteiger partial charge in [-0.25, -0.2) is 0 Å². The maximum Gasteiger partial charge on any atom is 0.232 e. The lowest BCUT2D eigenvalue weighted by Gasteiger charge is -2.37. The van der Waals surface area contributed by atoms with Crippen LogP contribution in [0.4, 0.5) is 0 Å². The molecule has 0 heterocycles. The molecule has 0 aliphatic heterocycles. The lowest BCUT2D eigenvalue weighted by molar-refractivity contribution is -0.132. The Morgan fingerprint density at radius 3 is 2.62 bits per heavy atom. The van der Waals surface area contributed by atoms with E-state index in [1.807, 2.05) is 29.2 Å². The smallest absolute Gasteiger partial charge is 0.232 e. The largest absolute Gasteiger partial charge is 0.396 e. The van der Waals surface area contributed by atoms with Crippen LogP contribution >= 0.6 is 23.4 Å². The molecular formula is C16H22ClNO2S. The molecule has 3 nitrogen and oxygen atoms in total. The van der Waals surface area contributed by atoms with Crippen molar-refractivity contribution < 1.29 is 9.90 Å². The Kier molecular flexibility index (Phi) is 6.87. The van der Waals surface area contributed by atoms with Crippen molar-refractivity contribution in [2.24, 2.45) is 0 Å². The number of aliphatic hydroxyl groups is 1. The Labute approximate surface area is 135 Å². The fourth-order valence-electron chi connectivity index (χ4n) is 2.37. The van der Waals surface area contributed by atoms with Crippen LogP contribution in [0.2, 0.25) is 5.02 Å². The highest BCUT2D eigenvalue weighted by atomic mass is 35.5. The molecule has 0 atom stereocenters. The summed E-state index contributed by atoms with van der Waals surface area (Å²) in [5.41, 5.74) is 1.18. The molecule has 0 bridgehead atoms. The van der Waals surface area contributed by atoms with Crippen molar-refractivity contribution in [1.29, 1.82) is 0 Å². The molecule has 2 rings (SSSR count). The Bertz CT molecular complexity index is 448. The third-order valence-electron chi connectivity index (χ3n) is 3.80. The van der Waals surface area contributed by atoms with Gasteiger partial charge in [0.05, 0.1) is 5.75 Å². The quantitative estimate of drug-likeness (QED) is 0.796. The van der Waals surface area contributed by atoms with Crippen molar-refractivity contribution in [3.63, 3.8) is 0 Å². The maximum absolute atomic E-state index is 12.3. The van der Waals surface area contributed by atoms with Gasteiger partial charge >= 0.3 is 0 Å². The van der Waals surface area contributed by atoms with Crippen molar-refractivity contribution in [2.45, 2.75) is 37.5 Å². The first-order valence-corrected chi connectivity index (χ1v) is 8.96. The van der Waals surface area contributed by atoms with Gasteiger partial charge < -0.3 is 10.0 Å². The molecule has 0 aromatic heterocycles. The van der Waals surface area contributed by atoms with Gasteiger partial charge in [0.1, 0.15) is 0 Å². The fraction of sp³-hybridized carbons (Fsp3) is 0.562. The van der Waals surface area contributed by atoms with Crippen LogP contribution in [-0.4, -0.2) is 40.9 Å². The summed E-state index contributed by atoms with van der Waals surface area (Å²) in [4.78, 5) is 14.3. The van der Waals surface area contributed by atoms with Crippen molar-refractivity contribution in [3.8, 4) is 0 Å². The molecule has 1 N–H and O–H groups in total. The van der Waals surface area contributed by atoms with E-state index >= 15 is 0 Å². The number of halogens is 1. The summed E-state index contributed by atoms with van der Waals surface area (Å²) in [6, 6.07) is 8.15. The number of aliphatic hydroxyl groups excluding tert-OH is 1. The second-order valence-corrected chi connectivity index (χ2v) is 6.79. The summed E-state index contributed by atoms with van der Waals surface area (Å²) in [7, 11) is 0. The summed E-state index contributed by atoms with van der Waals surface area (Å²) < 4.78 is 0. The van der Waals surface area contributed by atoms with Gasteiger partial charge in [-0.3, -0.25) is 4.79 Å². The van der Waals surface area contributed by atoms with E-state index < -0.39 is 0 Å². The highest BCUT2D eigenvalue weighted by molar-refractivity contribution is 7.99. The molecule has 0 saturated heterocycles. The molecule has 1 fully saturated rings. The van der Waals surface area contributed by atoms with Crippen LogP contribution in [0.25, 0.3) is 0 Å². The van der Waals surface area contributed by atoms with Gasteiger partial charge in [-0.2, -0.15) is 0 Å². The molecule has 1 aliphatic rings. The summed E-state index contributed by atoms with van der Waals surface area (Å²) in [6.07, 6.45) is 4.10. The van der Waals surface area contributed by atoms with E-state index in [0.717, 1.165) is 23.6 Å². The molecule has 5 heteroatoms. The first kappa shape index (κ1) is 16.7. The van der Waals surface area contributed by atoms with Gasteiger partial charge in [-0.15, -0.1) is 11.8 Å². The van der Waals surface area contributed by atoms with Crippen LogP contribution in [0.1, 0.15) is 31.2 Å². The van der Waals surface area contributed by atoms with E-state index in [0.29, 0.717) is 24.8 Å². The number of thioether (sulfide) groups is 1. The van der Waals surface area contributed by atoms with Crippen LogP contribution in [0, 0.1) is 0 Å². The van der Waals surface area contributed by atoms with Crippen molar-refractivity contribution in [1.82, 2.24) is 4.90 Å². The normalized spacial score (nSPS) is 14.8. The molecule has 1 saturated carbocycles. The highest BCUT2D eigenvalue weighted by Gasteiger charge is 2.27. The van der Waals surface area contributed by atoms with Gasteiger partial charge in [-0.1, -0.05) is 23.7 Å². The molecule has 1 aromatic rings. The summed E-state index contributed by atoms with van der Waals surface area (Å²) in [6.45, 7) is 0.829. The Balaban J connectivity index is 1.77. The molecule has 21 heavy (non-hydrogen) atoms. The SMILES string of the molecule is O=C(CSCc1ccc(Cl)cc1)N(CCCO)C1CCC1. The maximum atomic E-state index is 12.3. The Morgan fingerprint density at radius 2 is 2.05 bits per heavy atom. The lowest BCUT2D eigenvalue weighted by atomic mass is 9.91. The molecule has 116 valence electrons. The van der Waals surface area contributed by atoms with Crippen LogP contribution in [0.15, 0.2) is 24.3 Å². The van der Waals surface area contributed by atoms with Crippen LogP contribution in [0.5, 0.6) is 0 Å². The zero-order valence-corrected chi connectivity index (χ0v) is 13.7. The molecule has 1 aliphatic carbocycles. The van der Waals surface area contributed by atoms with Crippen LogP contribution in [0.3, 0.4) is 0 Å². The number of carbonyl (C=O) groups is 1. The number of rotatable bonds is 8. The minimum atomic E-state index is 0.147. The van der Waals surface area contributed by atoms with E-state index in [4.69, 9.17) is 16.7 Å². The lowest BCUT2D eigenvalue weighted by Crippen LogP contribution is -2.45. The van der Waals surface area contributed by atoms with Crippen molar-refractivity contribution in [2.75, 3.05) is 18.9 Å². The summed E-state index contributed by atoms with van der Waals surface area (Å²) >= 11 is 7.49. The topological polar surface area (TPSA) is 40.5 Å². The number of amides is 1. The monoisotopic (exact) mass is 327 g/mol. The molecule has 1 amide bonds. The van der Waals surface area contributed by atoms with E-state index in [-0.39, 0.29) is 12.5 Å².